The number of carbonyl (C=O) groups is 2. The van der Waals surface area contributed by atoms with Crippen LogP contribution in [0, 0.1) is 17.8 Å². The Balaban J connectivity index is 1.46. The normalized spacial score (nSPS) is 23.3. The molecule has 26 heavy (non-hydrogen) atoms. The van der Waals surface area contributed by atoms with Crippen molar-refractivity contribution in [3.05, 3.63) is 23.5 Å². The lowest BCUT2D eigenvalue weighted by molar-refractivity contribution is -0.166. The van der Waals surface area contributed by atoms with Gasteiger partial charge in [-0.3, -0.25) is 9.20 Å². The van der Waals surface area contributed by atoms with E-state index in [1.54, 1.807) is 6.20 Å². The fraction of sp³-hybridized carbons (Fsp3) is 0.632. The van der Waals surface area contributed by atoms with Crippen molar-refractivity contribution in [3.8, 4) is 0 Å². The van der Waals surface area contributed by atoms with Crippen molar-refractivity contribution in [2.75, 3.05) is 6.61 Å². The molecular formula is C19H26N2O4S. The van der Waals surface area contributed by atoms with Crippen molar-refractivity contribution >= 4 is 28.2 Å². The minimum atomic E-state index is -0.467. The van der Waals surface area contributed by atoms with Crippen LogP contribution in [0.4, 0.5) is 0 Å². The van der Waals surface area contributed by atoms with Crippen LogP contribution in [0.5, 0.6) is 0 Å². The minimum absolute atomic E-state index is 0.0523. The summed E-state index contributed by atoms with van der Waals surface area (Å²) < 4.78 is 12.6. The zero-order valence-electron chi connectivity index (χ0n) is 15.5. The number of thiazole rings is 1. The second kappa shape index (κ2) is 8.20. The van der Waals surface area contributed by atoms with Gasteiger partial charge in [0.25, 0.3) is 0 Å². The van der Waals surface area contributed by atoms with E-state index in [0.717, 1.165) is 17.8 Å². The first-order valence-electron chi connectivity index (χ1n) is 9.18. The molecule has 3 rings (SSSR count). The SMILES string of the molecule is CC(C)[C@@H]1CC[C@@H](C)C[C@@H]1OC(=O)COC(=O)Cc1cn2ccsc2n1. The van der Waals surface area contributed by atoms with Crippen LogP contribution in [0.2, 0.25) is 0 Å². The Hall–Kier alpha value is -1.89. The quantitative estimate of drug-likeness (QED) is 0.720. The van der Waals surface area contributed by atoms with Crippen LogP contribution in [0.25, 0.3) is 4.96 Å². The predicted octanol–water partition coefficient (Wildman–Crippen LogP) is 3.49. The van der Waals surface area contributed by atoms with Crippen molar-refractivity contribution < 1.29 is 19.1 Å². The molecule has 0 bridgehead atoms. The largest absolute Gasteiger partial charge is 0.460 e. The topological polar surface area (TPSA) is 69.9 Å². The fourth-order valence-corrected chi connectivity index (χ4v) is 4.37. The third kappa shape index (κ3) is 4.63. The molecule has 0 spiro atoms. The molecule has 0 unspecified atom stereocenters. The Labute approximate surface area is 157 Å². The van der Waals surface area contributed by atoms with E-state index in [1.807, 2.05) is 16.0 Å². The Bertz CT molecular complexity index is 738. The van der Waals surface area contributed by atoms with Gasteiger partial charge in [-0.2, -0.15) is 0 Å². The molecule has 142 valence electrons. The predicted molar refractivity (Wildman–Crippen MR) is 99.0 cm³/mol. The highest BCUT2D eigenvalue weighted by Crippen LogP contribution is 2.35. The van der Waals surface area contributed by atoms with Gasteiger partial charge < -0.3 is 9.47 Å². The van der Waals surface area contributed by atoms with Gasteiger partial charge in [0.1, 0.15) is 6.10 Å². The highest BCUT2D eigenvalue weighted by Gasteiger charge is 2.33. The molecule has 2 aromatic heterocycles. The van der Waals surface area contributed by atoms with Gasteiger partial charge in [-0.15, -0.1) is 11.3 Å². The van der Waals surface area contributed by atoms with Crippen molar-refractivity contribution in [3.63, 3.8) is 0 Å². The smallest absolute Gasteiger partial charge is 0.344 e. The summed E-state index contributed by atoms with van der Waals surface area (Å²) in [6.45, 7) is 6.18. The first-order chi connectivity index (χ1) is 12.4. The molecular weight excluding hydrogens is 352 g/mol. The number of hydrogen-bond acceptors (Lipinski definition) is 6. The van der Waals surface area contributed by atoms with Crippen LogP contribution >= 0.6 is 11.3 Å². The molecule has 1 aliphatic rings. The standard InChI is InChI=1S/C19H26N2O4S/c1-12(2)15-5-4-13(3)8-16(15)25-18(23)11-24-17(22)9-14-10-21-6-7-26-19(21)20-14/h6-7,10,12-13,15-16H,4-5,8-9,11H2,1-3H3/t13-,15+,16+/m1/s1. The Morgan fingerprint density at radius 2 is 2.15 bits per heavy atom. The van der Waals surface area contributed by atoms with Gasteiger partial charge >= 0.3 is 11.9 Å². The van der Waals surface area contributed by atoms with Crippen molar-refractivity contribution in [2.45, 2.75) is 52.6 Å². The van der Waals surface area contributed by atoms with E-state index in [2.05, 4.69) is 25.8 Å². The maximum atomic E-state index is 12.1. The summed E-state index contributed by atoms with van der Waals surface area (Å²) in [7, 11) is 0. The van der Waals surface area contributed by atoms with Crippen molar-refractivity contribution in [2.24, 2.45) is 17.8 Å². The number of hydrogen-bond donors (Lipinski definition) is 0. The molecule has 6 nitrogen and oxygen atoms in total. The monoisotopic (exact) mass is 378 g/mol. The van der Waals surface area contributed by atoms with Gasteiger partial charge in [0.2, 0.25) is 0 Å². The maximum Gasteiger partial charge on any atom is 0.344 e. The molecule has 2 aromatic rings. The highest BCUT2D eigenvalue weighted by atomic mass is 32.1. The molecule has 2 heterocycles. The van der Waals surface area contributed by atoms with E-state index in [-0.39, 0.29) is 19.1 Å². The van der Waals surface area contributed by atoms with E-state index in [9.17, 15) is 9.59 Å². The van der Waals surface area contributed by atoms with Crippen LogP contribution in [0.15, 0.2) is 17.8 Å². The van der Waals surface area contributed by atoms with Gasteiger partial charge in [0, 0.05) is 17.8 Å². The molecule has 1 fully saturated rings. The zero-order valence-corrected chi connectivity index (χ0v) is 16.3. The number of carbonyl (C=O) groups excluding carboxylic acids is 2. The molecule has 0 aromatic carbocycles. The summed E-state index contributed by atoms with van der Waals surface area (Å²) in [6.07, 6.45) is 6.79. The third-order valence-electron chi connectivity index (χ3n) is 5.06. The molecule has 3 atom stereocenters. The maximum absolute atomic E-state index is 12.1. The number of imidazole rings is 1. The van der Waals surface area contributed by atoms with E-state index < -0.39 is 11.9 Å². The molecule has 1 aliphatic carbocycles. The Kier molecular flexibility index (Phi) is 5.96. The summed E-state index contributed by atoms with van der Waals surface area (Å²) in [6, 6.07) is 0. The summed E-state index contributed by atoms with van der Waals surface area (Å²) in [4.78, 5) is 29.2. The molecule has 0 N–H and O–H groups in total. The van der Waals surface area contributed by atoms with E-state index >= 15 is 0 Å². The second-order valence-corrected chi connectivity index (χ2v) is 8.39. The number of rotatable bonds is 6. The average Bonchev–Trinajstić information content (AvgIpc) is 3.14. The van der Waals surface area contributed by atoms with Crippen molar-refractivity contribution in [1.29, 1.82) is 0 Å². The van der Waals surface area contributed by atoms with Gasteiger partial charge in [0.05, 0.1) is 12.1 Å². The molecule has 0 radical (unpaired) electrons. The first-order valence-corrected chi connectivity index (χ1v) is 10.1. The van der Waals surface area contributed by atoms with Gasteiger partial charge in [-0.05, 0) is 30.6 Å². The number of fused-ring (bicyclic) bond motifs is 1. The minimum Gasteiger partial charge on any atom is -0.460 e. The number of esters is 2. The van der Waals surface area contributed by atoms with Gasteiger partial charge in [0.15, 0.2) is 11.6 Å². The summed E-state index contributed by atoms with van der Waals surface area (Å²) in [5.74, 6) is 0.473. The lowest BCUT2D eigenvalue weighted by Crippen LogP contribution is -2.36. The van der Waals surface area contributed by atoms with E-state index in [4.69, 9.17) is 9.47 Å². The molecule has 0 aliphatic heterocycles. The molecule has 1 saturated carbocycles. The summed E-state index contributed by atoms with van der Waals surface area (Å²) >= 11 is 1.50. The Morgan fingerprint density at radius 1 is 1.35 bits per heavy atom. The summed E-state index contributed by atoms with van der Waals surface area (Å²) in [5, 5.41) is 1.93. The van der Waals surface area contributed by atoms with Crippen LogP contribution < -0.4 is 0 Å². The molecule has 7 heteroatoms. The van der Waals surface area contributed by atoms with Crippen LogP contribution in [-0.4, -0.2) is 34.0 Å². The number of ether oxygens (including phenoxy) is 2. The highest BCUT2D eigenvalue weighted by molar-refractivity contribution is 7.15. The van der Waals surface area contributed by atoms with Crippen LogP contribution in [-0.2, 0) is 25.5 Å². The number of aromatic nitrogens is 2. The van der Waals surface area contributed by atoms with Gasteiger partial charge in [-0.25, -0.2) is 9.78 Å². The lowest BCUT2D eigenvalue weighted by Gasteiger charge is -2.36. The van der Waals surface area contributed by atoms with E-state index in [1.165, 1.54) is 17.8 Å². The number of nitrogens with zero attached hydrogens (tertiary/aromatic N) is 2. The Morgan fingerprint density at radius 3 is 2.88 bits per heavy atom. The second-order valence-electron chi connectivity index (χ2n) is 7.52. The fourth-order valence-electron chi connectivity index (χ4n) is 3.65. The van der Waals surface area contributed by atoms with Gasteiger partial charge in [-0.1, -0.05) is 27.2 Å². The lowest BCUT2D eigenvalue weighted by atomic mass is 9.75. The first kappa shape index (κ1) is 18.9. The third-order valence-corrected chi connectivity index (χ3v) is 5.83. The van der Waals surface area contributed by atoms with E-state index in [0.29, 0.717) is 23.4 Å². The van der Waals surface area contributed by atoms with Crippen molar-refractivity contribution in [1.82, 2.24) is 9.38 Å². The molecule has 0 saturated heterocycles. The average molecular weight is 378 g/mol. The summed E-state index contributed by atoms with van der Waals surface area (Å²) in [5.41, 5.74) is 0.635. The molecule has 0 amide bonds. The zero-order chi connectivity index (χ0) is 18.7. The van der Waals surface area contributed by atoms with Crippen LogP contribution in [0.1, 0.15) is 45.7 Å². The van der Waals surface area contributed by atoms with Crippen LogP contribution in [0.3, 0.4) is 0 Å².